The molecule has 1 N–H and O–H groups in total. The Balaban J connectivity index is 1.92. The summed E-state index contributed by atoms with van der Waals surface area (Å²) in [6.07, 6.45) is 3.24. The number of carbonyl (C=O) groups excluding carboxylic acids is 1. The highest BCUT2D eigenvalue weighted by molar-refractivity contribution is 5.84. The van der Waals surface area contributed by atoms with Crippen molar-refractivity contribution in [2.75, 3.05) is 13.1 Å². The normalized spacial score (nSPS) is 18.3. The second-order valence-electron chi connectivity index (χ2n) is 5.65. The van der Waals surface area contributed by atoms with Gasteiger partial charge in [-0.05, 0) is 18.3 Å². The van der Waals surface area contributed by atoms with Gasteiger partial charge in [0.05, 0.1) is 6.20 Å². The van der Waals surface area contributed by atoms with Gasteiger partial charge < -0.3 is 10.0 Å². The molecule has 0 saturated carbocycles. The molecule has 2 rings (SSSR count). The first-order valence-corrected chi connectivity index (χ1v) is 6.29. The Bertz CT molecular complexity index is 485. The van der Waals surface area contributed by atoms with E-state index >= 15 is 0 Å². The molecule has 0 spiro atoms. The molecule has 2 heterocycles. The summed E-state index contributed by atoms with van der Waals surface area (Å²) in [5, 5.41) is 15.8. The maximum Gasteiger partial charge on any atom is 0.358 e. The van der Waals surface area contributed by atoms with Crippen LogP contribution in [-0.4, -0.2) is 50.0 Å². The maximum absolute atomic E-state index is 12.0. The minimum atomic E-state index is -1.14. The average molecular weight is 266 g/mol. The number of hydrogen-bond donors (Lipinski definition) is 1. The van der Waals surface area contributed by atoms with Crippen LogP contribution in [0.15, 0.2) is 6.20 Å². The van der Waals surface area contributed by atoms with E-state index in [9.17, 15) is 9.59 Å². The highest BCUT2D eigenvalue weighted by atomic mass is 16.4. The molecule has 0 bridgehead atoms. The lowest BCUT2D eigenvalue weighted by Crippen LogP contribution is -2.42. The number of rotatable bonds is 3. The van der Waals surface area contributed by atoms with Crippen LogP contribution in [0.5, 0.6) is 0 Å². The van der Waals surface area contributed by atoms with Crippen LogP contribution >= 0.6 is 0 Å². The Morgan fingerprint density at radius 2 is 2.00 bits per heavy atom. The lowest BCUT2D eigenvalue weighted by atomic mass is 9.83. The van der Waals surface area contributed by atoms with Gasteiger partial charge in [0.1, 0.15) is 6.54 Å². The number of likely N-dealkylation sites (tertiary alicyclic amines) is 1. The van der Waals surface area contributed by atoms with E-state index < -0.39 is 5.97 Å². The Kier molecular flexibility index (Phi) is 3.55. The molecule has 1 aliphatic rings. The summed E-state index contributed by atoms with van der Waals surface area (Å²) < 4.78 is 1.27. The highest BCUT2D eigenvalue weighted by Crippen LogP contribution is 2.29. The largest absolute Gasteiger partial charge is 0.476 e. The zero-order valence-corrected chi connectivity index (χ0v) is 11.2. The molecule has 1 aromatic heterocycles. The molecule has 104 valence electrons. The van der Waals surface area contributed by atoms with Crippen LogP contribution in [0.2, 0.25) is 0 Å². The molecule has 1 amide bonds. The first-order valence-electron chi connectivity index (χ1n) is 6.29. The predicted molar refractivity (Wildman–Crippen MR) is 66.6 cm³/mol. The number of piperidine rings is 1. The van der Waals surface area contributed by atoms with Gasteiger partial charge in [-0.1, -0.05) is 19.1 Å². The van der Waals surface area contributed by atoms with Crippen molar-refractivity contribution in [3.8, 4) is 0 Å². The molecule has 7 heteroatoms. The molecule has 1 aromatic rings. The molecule has 0 aromatic carbocycles. The average Bonchev–Trinajstić information content (AvgIpc) is 2.77. The summed E-state index contributed by atoms with van der Waals surface area (Å²) >= 11 is 0. The Morgan fingerprint density at radius 3 is 2.53 bits per heavy atom. The quantitative estimate of drug-likeness (QED) is 0.866. The fraction of sp³-hybridized carbons (Fsp3) is 0.667. The van der Waals surface area contributed by atoms with Crippen molar-refractivity contribution < 1.29 is 14.7 Å². The standard InChI is InChI=1S/C12H18N4O3/c1-12(2)3-5-15(6-4-12)10(17)8-16-7-9(11(18)19)13-14-16/h7H,3-6,8H2,1-2H3,(H,18,19). The lowest BCUT2D eigenvalue weighted by Gasteiger charge is -2.36. The minimum Gasteiger partial charge on any atom is -0.476 e. The third kappa shape index (κ3) is 3.30. The van der Waals surface area contributed by atoms with E-state index in [1.807, 2.05) is 0 Å². The zero-order chi connectivity index (χ0) is 14.0. The fourth-order valence-electron chi connectivity index (χ4n) is 2.07. The van der Waals surface area contributed by atoms with E-state index in [2.05, 4.69) is 24.2 Å². The molecule has 1 saturated heterocycles. The lowest BCUT2D eigenvalue weighted by molar-refractivity contribution is -0.134. The van der Waals surface area contributed by atoms with E-state index in [0.29, 0.717) is 5.41 Å². The fourth-order valence-corrected chi connectivity index (χ4v) is 2.07. The van der Waals surface area contributed by atoms with Crippen LogP contribution in [0.3, 0.4) is 0 Å². The van der Waals surface area contributed by atoms with Crippen LogP contribution in [0.4, 0.5) is 0 Å². The molecule has 0 unspecified atom stereocenters. The molecule has 0 radical (unpaired) electrons. The van der Waals surface area contributed by atoms with Gasteiger partial charge in [0, 0.05) is 13.1 Å². The molecule has 0 aliphatic carbocycles. The van der Waals surface area contributed by atoms with E-state index in [4.69, 9.17) is 5.11 Å². The summed E-state index contributed by atoms with van der Waals surface area (Å²) in [5.74, 6) is -1.18. The summed E-state index contributed by atoms with van der Waals surface area (Å²) in [4.78, 5) is 24.5. The molecule has 19 heavy (non-hydrogen) atoms. The third-order valence-corrected chi connectivity index (χ3v) is 3.52. The number of carboxylic acids is 1. The molecule has 1 fully saturated rings. The summed E-state index contributed by atoms with van der Waals surface area (Å²) in [6, 6.07) is 0. The van der Waals surface area contributed by atoms with Gasteiger partial charge >= 0.3 is 5.97 Å². The number of amides is 1. The van der Waals surface area contributed by atoms with E-state index in [1.165, 1.54) is 10.9 Å². The Labute approximate surface area is 111 Å². The van der Waals surface area contributed by atoms with E-state index in [1.54, 1.807) is 4.90 Å². The van der Waals surface area contributed by atoms with Gasteiger partial charge in [-0.3, -0.25) is 4.79 Å². The van der Waals surface area contributed by atoms with E-state index in [0.717, 1.165) is 25.9 Å². The molecular formula is C12H18N4O3. The number of nitrogens with zero attached hydrogens (tertiary/aromatic N) is 4. The van der Waals surface area contributed by atoms with Crippen molar-refractivity contribution in [2.45, 2.75) is 33.2 Å². The molecular weight excluding hydrogens is 248 g/mol. The minimum absolute atomic E-state index is 0.0424. The topological polar surface area (TPSA) is 88.3 Å². The number of hydrogen-bond acceptors (Lipinski definition) is 4. The molecule has 1 aliphatic heterocycles. The molecule has 0 atom stereocenters. The van der Waals surface area contributed by atoms with Crippen molar-refractivity contribution >= 4 is 11.9 Å². The number of carbonyl (C=O) groups is 2. The van der Waals surface area contributed by atoms with Crippen molar-refractivity contribution in [3.05, 3.63) is 11.9 Å². The summed E-state index contributed by atoms with van der Waals surface area (Å²) in [7, 11) is 0. The smallest absolute Gasteiger partial charge is 0.358 e. The second kappa shape index (κ2) is 4.99. The van der Waals surface area contributed by atoms with Crippen molar-refractivity contribution in [2.24, 2.45) is 5.41 Å². The molecule has 7 nitrogen and oxygen atoms in total. The third-order valence-electron chi connectivity index (χ3n) is 3.52. The Hall–Kier alpha value is -1.92. The Morgan fingerprint density at radius 1 is 1.37 bits per heavy atom. The number of aromatic carboxylic acids is 1. The summed E-state index contributed by atoms with van der Waals surface area (Å²) in [6.45, 7) is 5.93. The van der Waals surface area contributed by atoms with Gasteiger partial charge in [-0.2, -0.15) is 0 Å². The highest BCUT2D eigenvalue weighted by Gasteiger charge is 2.28. The SMILES string of the molecule is CC1(C)CCN(C(=O)Cn2cc(C(=O)O)nn2)CC1. The zero-order valence-electron chi connectivity index (χ0n) is 11.2. The van der Waals surface area contributed by atoms with E-state index in [-0.39, 0.29) is 18.1 Å². The van der Waals surface area contributed by atoms with Crippen LogP contribution in [0.1, 0.15) is 37.2 Å². The monoisotopic (exact) mass is 266 g/mol. The van der Waals surface area contributed by atoms with Gasteiger partial charge in [-0.25, -0.2) is 9.48 Å². The van der Waals surface area contributed by atoms with Crippen molar-refractivity contribution in [1.82, 2.24) is 19.9 Å². The van der Waals surface area contributed by atoms with Crippen LogP contribution in [-0.2, 0) is 11.3 Å². The van der Waals surface area contributed by atoms with Gasteiger partial charge in [0.15, 0.2) is 5.69 Å². The van der Waals surface area contributed by atoms with Crippen LogP contribution in [0, 0.1) is 5.41 Å². The summed E-state index contributed by atoms with van der Waals surface area (Å²) in [5.41, 5.74) is 0.146. The number of aromatic nitrogens is 3. The predicted octanol–water partition coefficient (Wildman–Crippen LogP) is 0.625. The van der Waals surface area contributed by atoms with Gasteiger partial charge in [0.25, 0.3) is 0 Å². The van der Waals surface area contributed by atoms with Crippen LogP contribution in [0.25, 0.3) is 0 Å². The first kappa shape index (κ1) is 13.5. The van der Waals surface area contributed by atoms with Gasteiger partial charge in [0.2, 0.25) is 5.91 Å². The van der Waals surface area contributed by atoms with Gasteiger partial charge in [-0.15, -0.1) is 5.10 Å². The van der Waals surface area contributed by atoms with Crippen LogP contribution < -0.4 is 0 Å². The second-order valence-corrected chi connectivity index (χ2v) is 5.65. The number of carboxylic acid groups (broad SMARTS) is 1. The first-order chi connectivity index (χ1) is 8.87. The maximum atomic E-state index is 12.0. The van der Waals surface area contributed by atoms with Crippen molar-refractivity contribution in [1.29, 1.82) is 0 Å². The van der Waals surface area contributed by atoms with Crippen molar-refractivity contribution in [3.63, 3.8) is 0 Å².